The van der Waals surface area contributed by atoms with Crippen LogP contribution in [-0.2, 0) is 23.5 Å². The number of hydrogen-bond donors (Lipinski definition) is 0. The number of amides is 1. The number of carbonyl (C=O) groups is 1. The number of carbonyl (C=O) groups excluding carboxylic acids is 1. The molecule has 1 amide bonds. The molecule has 1 aromatic heterocycles. The smallest absolute Gasteiger partial charge is 0.296 e. The Bertz CT molecular complexity index is 1880. The van der Waals surface area contributed by atoms with Crippen molar-refractivity contribution in [2.24, 2.45) is 7.05 Å². The standard InChI is InChI=1S/C33H37ClN4O5S/c1-7-17-43-27-14-15-28-22(3)37(21(2)18-25(28)19-27)32(39)24-13-16-29(34)30(20-24)44(41,42)36(6)31-23(4)35(5)38(33(31)40)26-11-9-8-10-12-26/h8-16,19-22H,7,17-18H2,1-6H3. The Balaban J connectivity index is 1.49. The summed E-state index contributed by atoms with van der Waals surface area (Å²) in [5.41, 5.74) is 2.88. The van der Waals surface area contributed by atoms with Crippen LogP contribution in [-0.4, -0.2) is 48.3 Å². The number of para-hydroxylation sites is 1. The third-order valence-corrected chi connectivity index (χ3v) is 10.6. The lowest BCUT2D eigenvalue weighted by Gasteiger charge is -2.40. The Hall–Kier alpha value is -4.02. The number of sulfonamides is 1. The van der Waals surface area contributed by atoms with Gasteiger partial charge in [-0.1, -0.05) is 42.8 Å². The Morgan fingerprint density at radius 3 is 2.45 bits per heavy atom. The lowest BCUT2D eigenvalue weighted by Crippen LogP contribution is -2.45. The van der Waals surface area contributed by atoms with E-state index in [9.17, 15) is 18.0 Å². The highest BCUT2D eigenvalue weighted by Crippen LogP contribution is 2.37. The molecule has 9 nitrogen and oxygen atoms in total. The molecule has 11 heteroatoms. The van der Waals surface area contributed by atoms with Crippen molar-refractivity contribution < 1.29 is 17.9 Å². The first kappa shape index (κ1) is 31.4. The van der Waals surface area contributed by atoms with Crippen molar-refractivity contribution in [3.8, 4) is 11.4 Å². The molecule has 0 fully saturated rings. The number of nitrogens with zero attached hydrogens (tertiary/aromatic N) is 4. The molecule has 2 atom stereocenters. The third kappa shape index (κ3) is 5.41. The molecule has 232 valence electrons. The Morgan fingerprint density at radius 1 is 1.07 bits per heavy atom. The molecule has 0 spiro atoms. The van der Waals surface area contributed by atoms with E-state index in [1.165, 1.54) is 29.9 Å². The van der Waals surface area contributed by atoms with E-state index in [4.69, 9.17) is 16.3 Å². The maximum Gasteiger partial charge on any atom is 0.296 e. The van der Waals surface area contributed by atoms with Crippen molar-refractivity contribution in [2.45, 2.75) is 57.5 Å². The SMILES string of the molecule is CCCOc1ccc2c(c1)CC(C)N(C(=O)c1ccc(Cl)c(S(=O)(=O)N(C)c3c(C)n(C)n(-c4ccccc4)c3=O)c1)C2C. The predicted molar refractivity (Wildman–Crippen MR) is 173 cm³/mol. The van der Waals surface area contributed by atoms with E-state index < -0.39 is 15.6 Å². The Morgan fingerprint density at radius 2 is 1.77 bits per heavy atom. The maximum absolute atomic E-state index is 14.0. The normalized spacial score (nSPS) is 16.5. The zero-order chi connectivity index (χ0) is 31.9. The van der Waals surface area contributed by atoms with Crippen molar-refractivity contribution in [1.29, 1.82) is 0 Å². The van der Waals surface area contributed by atoms with Crippen molar-refractivity contribution in [3.05, 3.63) is 104 Å². The van der Waals surface area contributed by atoms with Gasteiger partial charge >= 0.3 is 0 Å². The van der Waals surface area contributed by atoms with Gasteiger partial charge in [0.2, 0.25) is 0 Å². The molecule has 1 aliphatic heterocycles. The number of anilines is 1. The molecule has 0 saturated heterocycles. The van der Waals surface area contributed by atoms with E-state index >= 15 is 0 Å². The molecule has 0 aliphatic carbocycles. The number of hydrogen-bond acceptors (Lipinski definition) is 5. The van der Waals surface area contributed by atoms with Crippen LogP contribution in [0.5, 0.6) is 5.75 Å². The highest BCUT2D eigenvalue weighted by molar-refractivity contribution is 7.93. The fourth-order valence-electron chi connectivity index (χ4n) is 5.97. The van der Waals surface area contributed by atoms with Gasteiger partial charge in [-0.2, -0.15) is 0 Å². The minimum atomic E-state index is -4.34. The molecule has 0 N–H and O–H groups in total. The molecule has 2 heterocycles. The van der Waals surface area contributed by atoms with Crippen LogP contribution in [0.4, 0.5) is 5.69 Å². The van der Waals surface area contributed by atoms with Crippen molar-refractivity contribution in [1.82, 2.24) is 14.3 Å². The summed E-state index contributed by atoms with van der Waals surface area (Å²) < 4.78 is 37.8. The summed E-state index contributed by atoms with van der Waals surface area (Å²) >= 11 is 6.46. The Labute approximate surface area is 263 Å². The largest absolute Gasteiger partial charge is 0.494 e. The number of ether oxygens (including phenoxy) is 1. The lowest BCUT2D eigenvalue weighted by molar-refractivity contribution is 0.0580. The van der Waals surface area contributed by atoms with Gasteiger partial charge < -0.3 is 9.64 Å². The first-order valence-electron chi connectivity index (χ1n) is 14.6. The summed E-state index contributed by atoms with van der Waals surface area (Å²) in [7, 11) is -1.32. The molecule has 0 saturated carbocycles. The molecule has 44 heavy (non-hydrogen) atoms. The maximum atomic E-state index is 14.0. The molecular weight excluding hydrogens is 600 g/mol. The fraction of sp³-hybridized carbons (Fsp3) is 0.333. The van der Waals surface area contributed by atoms with Gasteiger partial charge in [-0.15, -0.1) is 0 Å². The first-order chi connectivity index (χ1) is 20.9. The predicted octanol–water partition coefficient (Wildman–Crippen LogP) is 5.90. The third-order valence-electron chi connectivity index (χ3n) is 8.33. The molecule has 2 unspecified atom stereocenters. The summed E-state index contributed by atoms with van der Waals surface area (Å²) in [5, 5.41) is -0.0462. The van der Waals surface area contributed by atoms with Crippen LogP contribution in [0, 0.1) is 6.92 Å². The van der Waals surface area contributed by atoms with Gasteiger partial charge in [0.05, 0.1) is 29.1 Å². The van der Waals surface area contributed by atoms with Crippen LogP contribution in [0.25, 0.3) is 5.69 Å². The van der Waals surface area contributed by atoms with Gasteiger partial charge in [0.1, 0.15) is 16.3 Å². The second kappa shape index (κ2) is 12.2. The first-order valence-corrected chi connectivity index (χ1v) is 16.4. The van der Waals surface area contributed by atoms with Gasteiger partial charge in [-0.3, -0.25) is 18.6 Å². The quantitative estimate of drug-likeness (QED) is 0.240. The molecule has 5 rings (SSSR count). The van der Waals surface area contributed by atoms with Crippen molar-refractivity contribution in [3.63, 3.8) is 0 Å². The number of rotatable bonds is 8. The summed E-state index contributed by atoms with van der Waals surface area (Å²) in [6, 6.07) is 18.8. The van der Waals surface area contributed by atoms with Gasteiger partial charge in [0.15, 0.2) is 0 Å². The highest BCUT2D eigenvalue weighted by atomic mass is 35.5. The fourth-order valence-corrected chi connectivity index (χ4v) is 7.71. The van der Waals surface area contributed by atoms with E-state index in [0.29, 0.717) is 24.4 Å². The lowest BCUT2D eigenvalue weighted by atomic mass is 9.88. The van der Waals surface area contributed by atoms with Crippen molar-refractivity contribution >= 4 is 33.2 Å². The van der Waals surface area contributed by atoms with Gasteiger partial charge in [-0.05, 0) is 87.2 Å². The minimum absolute atomic E-state index is 0.0127. The van der Waals surface area contributed by atoms with Gasteiger partial charge in [0, 0.05) is 25.7 Å². The summed E-state index contributed by atoms with van der Waals surface area (Å²) in [6.07, 6.45) is 1.55. The van der Waals surface area contributed by atoms with E-state index in [-0.39, 0.29) is 39.2 Å². The van der Waals surface area contributed by atoms with E-state index in [0.717, 1.165) is 27.6 Å². The molecular formula is C33H37ClN4O5S. The second-order valence-corrected chi connectivity index (χ2v) is 13.5. The van der Waals surface area contributed by atoms with Crippen LogP contribution in [0.15, 0.2) is 76.4 Å². The molecule has 0 radical (unpaired) electrons. The van der Waals surface area contributed by atoms with Crippen molar-refractivity contribution in [2.75, 3.05) is 18.0 Å². The highest BCUT2D eigenvalue weighted by Gasteiger charge is 2.35. The number of aromatic nitrogens is 2. The molecule has 4 aromatic rings. The summed E-state index contributed by atoms with van der Waals surface area (Å²) in [4.78, 5) is 29.1. The zero-order valence-corrected chi connectivity index (χ0v) is 27.3. The Kier molecular flexibility index (Phi) is 8.68. The second-order valence-electron chi connectivity index (χ2n) is 11.2. The van der Waals surface area contributed by atoms with Crippen LogP contribution in [0.3, 0.4) is 0 Å². The zero-order valence-electron chi connectivity index (χ0n) is 25.7. The molecule has 3 aromatic carbocycles. The van der Waals surface area contributed by atoms with Crippen LogP contribution in [0.2, 0.25) is 5.02 Å². The topological polar surface area (TPSA) is 93.8 Å². The van der Waals surface area contributed by atoms with Gasteiger partial charge in [0.25, 0.3) is 21.5 Å². The minimum Gasteiger partial charge on any atom is -0.494 e. The number of fused-ring (bicyclic) bond motifs is 1. The average molecular weight is 637 g/mol. The van der Waals surface area contributed by atoms with E-state index in [1.54, 1.807) is 47.8 Å². The van der Waals surface area contributed by atoms with Gasteiger partial charge in [-0.25, -0.2) is 13.1 Å². The number of halogens is 1. The van der Waals surface area contributed by atoms with E-state index in [2.05, 4.69) is 6.92 Å². The monoisotopic (exact) mass is 636 g/mol. The number of benzene rings is 3. The summed E-state index contributed by atoms with van der Waals surface area (Å²) in [6.45, 7) is 8.32. The van der Waals surface area contributed by atoms with Crippen LogP contribution >= 0.6 is 11.6 Å². The average Bonchev–Trinajstić information content (AvgIpc) is 3.22. The van der Waals surface area contributed by atoms with Crippen LogP contribution < -0.4 is 14.6 Å². The molecule has 0 bridgehead atoms. The molecule has 1 aliphatic rings. The van der Waals surface area contributed by atoms with E-state index in [1.807, 2.05) is 38.1 Å². The summed E-state index contributed by atoms with van der Waals surface area (Å²) in [5.74, 6) is 0.505. The van der Waals surface area contributed by atoms with Crippen LogP contribution in [0.1, 0.15) is 60.4 Å².